The molecular formula is C20H19NO3S2. The number of ether oxygens (including phenoxy) is 1. The molecule has 0 spiro atoms. The van der Waals surface area contributed by atoms with Gasteiger partial charge in [0.25, 0.3) is 5.91 Å². The van der Waals surface area contributed by atoms with E-state index in [4.69, 9.17) is 4.74 Å². The molecule has 0 aliphatic carbocycles. The van der Waals surface area contributed by atoms with Crippen LogP contribution in [0.25, 0.3) is 0 Å². The average molecular weight is 386 g/mol. The van der Waals surface area contributed by atoms with Crippen LogP contribution in [0, 0.1) is 13.8 Å². The van der Waals surface area contributed by atoms with Gasteiger partial charge in [0, 0.05) is 14.6 Å². The minimum atomic E-state index is -0.464. The summed E-state index contributed by atoms with van der Waals surface area (Å²) in [5.74, 6) is -0.792. The Hall–Kier alpha value is -2.44. The SMILES string of the molecule is Cc1cc(C(=O)OCC(=O)N[C@H](c2ccccc2)c2cccs2)c(C)s1. The third kappa shape index (κ3) is 4.39. The molecule has 6 heteroatoms. The van der Waals surface area contributed by atoms with Crippen molar-refractivity contribution in [1.29, 1.82) is 0 Å². The molecule has 3 rings (SSSR count). The van der Waals surface area contributed by atoms with Crippen molar-refractivity contribution in [2.45, 2.75) is 19.9 Å². The number of rotatable bonds is 6. The van der Waals surface area contributed by atoms with E-state index in [0.717, 1.165) is 20.2 Å². The van der Waals surface area contributed by atoms with Gasteiger partial charge >= 0.3 is 5.97 Å². The predicted octanol–water partition coefficient (Wildman–Crippen LogP) is 4.49. The first-order valence-electron chi connectivity index (χ1n) is 8.16. The van der Waals surface area contributed by atoms with Gasteiger partial charge in [-0.3, -0.25) is 4.79 Å². The maximum absolute atomic E-state index is 12.4. The summed E-state index contributed by atoms with van der Waals surface area (Å²) in [5, 5.41) is 4.93. The molecule has 0 fully saturated rings. The molecule has 1 aromatic carbocycles. The van der Waals surface area contributed by atoms with Gasteiger partial charge in [-0.2, -0.15) is 0 Å². The number of hydrogen-bond acceptors (Lipinski definition) is 5. The fourth-order valence-electron chi connectivity index (χ4n) is 2.66. The minimum Gasteiger partial charge on any atom is -0.452 e. The van der Waals surface area contributed by atoms with Crippen molar-refractivity contribution in [3.05, 3.63) is 79.7 Å². The van der Waals surface area contributed by atoms with E-state index in [-0.39, 0.29) is 18.6 Å². The molecule has 134 valence electrons. The Morgan fingerprint density at radius 1 is 1.12 bits per heavy atom. The van der Waals surface area contributed by atoms with Crippen molar-refractivity contribution in [3.63, 3.8) is 0 Å². The number of benzene rings is 1. The van der Waals surface area contributed by atoms with E-state index < -0.39 is 5.97 Å². The molecule has 0 radical (unpaired) electrons. The Balaban J connectivity index is 1.65. The molecule has 1 N–H and O–H groups in total. The van der Waals surface area contributed by atoms with E-state index in [1.807, 2.05) is 61.7 Å². The molecule has 0 aliphatic rings. The first-order chi connectivity index (χ1) is 12.5. The fraction of sp³-hybridized carbons (Fsp3) is 0.200. The number of esters is 1. The van der Waals surface area contributed by atoms with Crippen LogP contribution in [-0.2, 0) is 9.53 Å². The Morgan fingerprint density at radius 2 is 1.88 bits per heavy atom. The molecule has 2 heterocycles. The lowest BCUT2D eigenvalue weighted by Crippen LogP contribution is -2.32. The zero-order valence-electron chi connectivity index (χ0n) is 14.5. The van der Waals surface area contributed by atoms with Crippen molar-refractivity contribution in [2.75, 3.05) is 6.61 Å². The van der Waals surface area contributed by atoms with Crippen LogP contribution in [0.1, 0.15) is 36.6 Å². The van der Waals surface area contributed by atoms with Crippen LogP contribution in [0.4, 0.5) is 0 Å². The Bertz CT molecular complexity index is 885. The normalized spacial score (nSPS) is 11.8. The largest absolute Gasteiger partial charge is 0.452 e. The summed E-state index contributed by atoms with van der Waals surface area (Å²) in [6.07, 6.45) is 0. The van der Waals surface area contributed by atoms with Gasteiger partial charge in [0.15, 0.2) is 6.61 Å². The molecule has 2 aromatic heterocycles. The highest BCUT2D eigenvalue weighted by atomic mass is 32.1. The quantitative estimate of drug-likeness (QED) is 0.636. The van der Waals surface area contributed by atoms with Gasteiger partial charge in [-0.05, 0) is 36.9 Å². The second-order valence-electron chi connectivity index (χ2n) is 5.83. The summed E-state index contributed by atoms with van der Waals surface area (Å²) in [7, 11) is 0. The van der Waals surface area contributed by atoms with Crippen molar-refractivity contribution >= 4 is 34.6 Å². The van der Waals surface area contributed by atoms with Crippen LogP contribution in [0.5, 0.6) is 0 Å². The molecular weight excluding hydrogens is 366 g/mol. The Morgan fingerprint density at radius 3 is 2.50 bits per heavy atom. The highest BCUT2D eigenvalue weighted by molar-refractivity contribution is 7.12. The number of amides is 1. The Kier molecular flexibility index (Phi) is 5.85. The average Bonchev–Trinajstić information content (AvgIpc) is 3.28. The van der Waals surface area contributed by atoms with Crippen LogP contribution in [0.2, 0.25) is 0 Å². The second kappa shape index (κ2) is 8.29. The second-order valence-corrected chi connectivity index (χ2v) is 8.27. The number of nitrogens with one attached hydrogen (secondary N) is 1. The summed E-state index contributed by atoms with van der Waals surface area (Å²) in [6, 6.07) is 15.2. The van der Waals surface area contributed by atoms with Crippen LogP contribution in [0.3, 0.4) is 0 Å². The molecule has 0 saturated heterocycles. The molecule has 0 saturated carbocycles. The predicted molar refractivity (Wildman–Crippen MR) is 105 cm³/mol. The molecule has 1 atom stereocenters. The van der Waals surface area contributed by atoms with Crippen molar-refractivity contribution in [3.8, 4) is 0 Å². The zero-order valence-corrected chi connectivity index (χ0v) is 16.2. The van der Waals surface area contributed by atoms with Crippen molar-refractivity contribution < 1.29 is 14.3 Å². The van der Waals surface area contributed by atoms with Gasteiger partial charge < -0.3 is 10.1 Å². The highest BCUT2D eigenvalue weighted by Gasteiger charge is 2.20. The first kappa shape index (κ1) is 18.4. The summed E-state index contributed by atoms with van der Waals surface area (Å²) >= 11 is 3.11. The smallest absolute Gasteiger partial charge is 0.339 e. The van der Waals surface area contributed by atoms with Gasteiger partial charge in [-0.1, -0.05) is 36.4 Å². The third-order valence-corrected chi connectivity index (χ3v) is 5.76. The number of hydrogen-bond donors (Lipinski definition) is 1. The minimum absolute atomic E-state index is 0.257. The molecule has 0 aliphatic heterocycles. The lowest BCUT2D eigenvalue weighted by Gasteiger charge is -2.18. The lowest BCUT2D eigenvalue weighted by molar-refractivity contribution is -0.124. The zero-order chi connectivity index (χ0) is 18.5. The summed E-state index contributed by atoms with van der Waals surface area (Å²) in [6.45, 7) is 3.51. The van der Waals surface area contributed by atoms with Gasteiger partial charge in [-0.25, -0.2) is 4.79 Å². The van der Waals surface area contributed by atoms with E-state index >= 15 is 0 Å². The number of aryl methyl sites for hydroxylation is 2. The van der Waals surface area contributed by atoms with Crippen LogP contribution >= 0.6 is 22.7 Å². The van der Waals surface area contributed by atoms with Crippen LogP contribution in [-0.4, -0.2) is 18.5 Å². The van der Waals surface area contributed by atoms with Gasteiger partial charge in [0.1, 0.15) is 0 Å². The first-order valence-corrected chi connectivity index (χ1v) is 9.86. The van der Waals surface area contributed by atoms with Crippen LogP contribution in [0.15, 0.2) is 53.9 Å². The highest BCUT2D eigenvalue weighted by Crippen LogP contribution is 2.26. The monoisotopic (exact) mass is 385 g/mol. The Labute approximate surface area is 160 Å². The summed E-state index contributed by atoms with van der Waals surface area (Å²) in [5.41, 5.74) is 1.51. The topological polar surface area (TPSA) is 55.4 Å². The number of thiophene rings is 2. The van der Waals surface area contributed by atoms with E-state index in [0.29, 0.717) is 5.56 Å². The van der Waals surface area contributed by atoms with Gasteiger partial charge in [-0.15, -0.1) is 22.7 Å². The summed E-state index contributed by atoms with van der Waals surface area (Å²) in [4.78, 5) is 27.5. The molecule has 0 unspecified atom stereocenters. The lowest BCUT2D eigenvalue weighted by atomic mass is 10.1. The van der Waals surface area contributed by atoms with E-state index in [1.165, 1.54) is 11.3 Å². The van der Waals surface area contributed by atoms with Gasteiger partial charge in [0.2, 0.25) is 0 Å². The van der Waals surface area contributed by atoms with Crippen LogP contribution < -0.4 is 5.32 Å². The molecule has 3 aromatic rings. The number of carbonyl (C=O) groups excluding carboxylic acids is 2. The van der Waals surface area contributed by atoms with Crippen molar-refractivity contribution in [1.82, 2.24) is 5.32 Å². The molecule has 1 amide bonds. The number of carbonyl (C=O) groups is 2. The van der Waals surface area contributed by atoms with E-state index in [9.17, 15) is 9.59 Å². The molecule has 26 heavy (non-hydrogen) atoms. The van der Waals surface area contributed by atoms with E-state index in [2.05, 4.69) is 5.32 Å². The summed E-state index contributed by atoms with van der Waals surface area (Å²) < 4.78 is 5.20. The molecule has 4 nitrogen and oxygen atoms in total. The standard InChI is InChI=1S/C20H19NO3S2/c1-13-11-16(14(2)26-13)20(23)24-12-18(22)21-19(17-9-6-10-25-17)15-7-4-3-5-8-15/h3-11,19H,12H2,1-2H3,(H,21,22)/t19-/m1/s1. The van der Waals surface area contributed by atoms with E-state index in [1.54, 1.807) is 17.4 Å². The third-order valence-electron chi connectivity index (χ3n) is 3.86. The maximum Gasteiger partial charge on any atom is 0.339 e. The molecule has 0 bridgehead atoms. The van der Waals surface area contributed by atoms with Gasteiger partial charge in [0.05, 0.1) is 11.6 Å². The van der Waals surface area contributed by atoms with Crippen molar-refractivity contribution in [2.24, 2.45) is 0 Å². The maximum atomic E-state index is 12.4. The fourth-order valence-corrected chi connectivity index (χ4v) is 4.38.